The first-order valence-corrected chi connectivity index (χ1v) is 6.44. The number of rotatable bonds is 6. The van der Waals surface area contributed by atoms with Crippen molar-refractivity contribution in [2.45, 2.75) is 52.4 Å². The molecule has 1 rings (SSSR count). The minimum absolute atomic E-state index is 0.0622. The molecule has 0 heterocycles. The standard InChI is InChI=1S/C14H22O2/c1-3-5-6-7-8-9-10-12-11-13(12)14(15)16-4-2/h12-13H,3-8,11H2,1-2H3/t12-,13-/m0/s1. The molecule has 1 aliphatic rings. The van der Waals surface area contributed by atoms with Gasteiger partial charge in [0.25, 0.3) is 0 Å². The molecular formula is C14H22O2. The molecule has 0 bridgehead atoms. The Morgan fingerprint density at radius 2 is 2.12 bits per heavy atom. The number of carbonyl (C=O) groups excluding carboxylic acids is 1. The first-order valence-electron chi connectivity index (χ1n) is 6.44. The van der Waals surface area contributed by atoms with Gasteiger partial charge in [-0.1, -0.05) is 32.1 Å². The first kappa shape index (κ1) is 13.1. The molecule has 0 spiro atoms. The van der Waals surface area contributed by atoms with Gasteiger partial charge in [-0.25, -0.2) is 0 Å². The van der Waals surface area contributed by atoms with Gasteiger partial charge in [0.2, 0.25) is 0 Å². The Morgan fingerprint density at radius 3 is 2.81 bits per heavy atom. The van der Waals surface area contributed by atoms with Crippen molar-refractivity contribution in [1.29, 1.82) is 0 Å². The molecule has 2 heteroatoms. The van der Waals surface area contributed by atoms with Crippen molar-refractivity contribution in [2.24, 2.45) is 11.8 Å². The third kappa shape index (κ3) is 4.70. The van der Waals surface area contributed by atoms with Crippen LogP contribution in [-0.4, -0.2) is 12.6 Å². The molecule has 1 saturated carbocycles. The zero-order valence-corrected chi connectivity index (χ0v) is 10.4. The Labute approximate surface area is 98.8 Å². The molecule has 1 aliphatic carbocycles. The second-order valence-corrected chi connectivity index (χ2v) is 4.33. The van der Waals surface area contributed by atoms with E-state index < -0.39 is 0 Å². The molecule has 0 unspecified atom stereocenters. The maximum absolute atomic E-state index is 11.3. The molecule has 2 atom stereocenters. The molecule has 0 saturated heterocycles. The molecular weight excluding hydrogens is 200 g/mol. The highest BCUT2D eigenvalue weighted by Gasteiger charge is 2.43. The molecule has 0 N–H and O–H groups in total. The number of carbonyl (C=O) groups is 1. The lowest BCUT2D eigenvalue weighted by Gasteiger charge is -1.97. The molecule has 2 nitrogen and oxygen atoms in total. The maximum Gasteiger partial charge on any atom is 0.310 e. The topological polar surface area (TPSA) is 26.3 Å². The molecule has 0 aliphatic heterocycles. The van der Waals surface area contributed by atoms with E-state index in [4.69, 9.17) is 4.74 Å². The number of esters is 1. The highest BCUT2D eigenvalue weighted by atomic mass is 16.5. The molecule has 0 aromatic heterocycles. The maximum atomic E-state index is 11.3. The zero-order valence-electron chi connectivity index (χ0n) is 10.4. The summed E-state index contributed by atoms with van der Waals surface area (Å²) < 4.78 is 4.95. The SMILES string of the molecule is CCCCCCC#C[C@H]1C[C@@H]1C(=O)OCC. The van der Waals surface area contributed by atoms with Gasteiger partial charge in [0.05, 0.1) is 12.5 Å². The van der Waals surface area contributed by atoms with E-state index in [1.54, 1.807) is 0 Å². The monoisotopic (exact) mass is 222 g/mol. The normalized spacial score (nSPS) is 22.1. The summed E-state index contributed by atoms with van der Waals surface area (Å²) in [6, 6.07) is 0. The van der Waals surface area contributed by atoms with Crippen LogP contribution in [0.25, 0.3) is 0 Å². The van der Waals surface area contributed by atoms with Crippen LogP contribution in [0.1, 0.15) is 52.4 Å². The minimum Gasteiger partial charge on any atom is -0.466 e. The largest absolute Gasteiger partial charge is 0.466 e. The van der Waals surface area contributed by atoms with E-state index in [2.05, 4.69) is 18.8 Å². The predicted molar refractivity (Wildman–Crippen MR) is 64.8 cm³/mol. The Balaban J connectivity index is 2.07. The number of hydrogen-bond donors (Lipinski definition) is 0. The Morgan fingerprint density at radius 1 is 1.31 bits per heavy atom. The molecule has 0 amide bonds. The zero-order chi connectivity index (χ0) is 11.8. The van der Waals surface area contributed by atoms with E-state index in [1.165, 1.54) is 25.7 Å². The Bertz CT molecular complexity index is 272. The van der Waals surface area contributed by atoms with Crippen LogP contribution in [0.15, 0.2) is 0 Å². The highest BCUT2D eigenvalue weighted by molar-refractivity contribution is 5.76. The van der Waals surface area contributed by atoms with E-state index in [0.717, 1.165) is 12.8 Å². The van der Waals surface area contributed by atoms with Crippen LogP contribution in [0, 0.1) is 23.7 Å². The van der Waals surface area contributed by atoms with Crippen molar-refractivity contribution in [3.8, 4) is 11.8 Å². The van der Waals surface area contributed by atoms with Crippen LogP contribution >= 0.6 is 0 Å². The molecule has 0 aromatic rings. The van der Waals surface area contributed by atoms with E-state index in [-0.39, 0.29) is 17.8 Å². The van der Waals surface area contributed by atoms with E-state index in [1.807, 2.05) is 6.92 Å². The third-order valence-electron chi connectivity index (χ3n) is 2.82. The molecule has 90 valence electrons. The van der Waals surface area contributed by atoms with Crippen molar-refractivity contribution in [3.63, 3.8) is 0 Å². The van der Waals surface area contributed by atoms with Gasteiger partial charge in [-0.15, -0.1) is 5.92 Å². The van der Waals surface area contributed by atoms with Crippen LogP contribution in [0.5, 0.6) is 0 Å². The lowest BCUT2D eigenvalue weighted by Crippen LogP contribution is -2.06. The average Bonchev–Trinajstić information content (AvgIpc) is 3.03. The summed E-state index contributed by atoms with van der Waals surface area (Å²) in [5.74, 6) is 6.64. The van der Waals surface area contributed by atoms with Crippen molar-refractivity contribution in [3.05, 3.63) is 0 Å². The number of unbranched alkanes of at least 4 members (excludes halogenated alkanes) is 4. The van der Waals surface area contributed by atoms with Gasteiger partial charge >= 0.3 is 5.97 Å². The number of hydrogen-bond acceptors (Lipinski definition) is 2. The smallest absolute Gasteiger partial charge is 0.310 e. The molecule has 1 fully saturated rings. The van der Waals surface area contributed by atoms with Gasteiger partial charge in [0.15, 0.2) is 0 Å². The lowest BCUT2D eigenvalue weighted by atomic mass is 10.1. The molecule has 0 aromatic carbocycles. The van der Waals surface area contributed by atoms with E-state index in [0.29, 0.717) is 6.61 Å². The van der Waals surface area contributed by atoms with Crippen LogP contribution < -0.4 is 0 Å². The summed E-state index contributed by atoms with van der Waals surface area (Å²) in [6.45, 7) is 4.53. The highest BCUT2D eigenvalue weighted by Crippen LogP contribution is 2.38. The van der Waals surface area contributed by atoms with Crippen LogP contribution in [0.3, 0.4) is 0 Å². The van der Waals surface area contributed by atoms with E-state index >= 15 is 0 Å². The second kappa shape index (κ2) is 7.33. The van der Waals surface area contributed by atoms with Crippen LogP contribution in [0.4, 0.5) is 0 Å². The van der Waals surface area contributed by atoms with E-state index in [9.17, 15) is 4.79 Å². The van der Waals surface area contributed by atoms with Crippen molar-refractivity contribution >= 4 is 5.97 Å². The summed E-state index contributed by atoms with van der Waals surface area (Å²) in [4.78, 5) is 11.3. The van der Waals surface area contributed by atoms with Gasteiger partial charge in [0.1, 0.15) is 0 Å². The van der Waals surface area contributed by atoms with Crippen LogP contribution in [0.2, 0.25) is 0 Å². The Kier molecular flexibility index (Phi) is 6.00. The van der Waals surface area contributed by atoms with Gasteiger partial charge in [-0.3, -0.25) is 4.79 Å². The van der Waals surface area contributed by atoms with Gasteiger partial charge < -0.3 is 4.74 Å². The Hall–Kier alpha value is -0.970. The van der Waals surface area contributed by atoms with Gasteiger partial charge in [-0.2, -0.15) is 0 Å². The lowest BCUT2D eigenvalue weighted by molar-refractivity contribution is -0.144. The summed E-state index contributed by atoms with van der Waals surface area (Å²) in [5, 5.41) is 0. The van der Waals surface area contributed by atoms with Crippen LogP contribution in [-0.2, 0) is 9.53 Å². The second-order valence-electron chi connectivity index (χ2n) is 4.33. The van der Waals surface area contributed by atoms with Crippen molar-refractivity contribution < 1.29 is 9.53 Å². The third-order valence-corrected chi connectivity index (χ3v) is 2.82. The average molecular weight is 222 g/mol. The van der Waals surface area contributed by atoms with Gasteiger partial charge in [-0.05, 0) is 19.8 Å². The fourth-order valence-corrected chi connectivity index (χ4v) is 1.71. The summed E-state index contributed by atoms with van der Waals surface area (Å²) in [7, 11) is 0. The minimum atomic E-state index is -0.0622. The molecule has 16 heavy (non-hydrogen) atoms. The first-order chi connectivity index (χ1) is 7.79. The summed E-state index contributed by atoms with van der Waals surface area (Å²) >= 11 is 0. The molecule has 0 radical (unpaired) electrons. The predicted octanol–water partition coefficient (Wildman–Crippen LogP) is 3.16. The summed E-state index contributed by atoms with van der Waals surface area (Å²) in [6.07, 6.45) is 6.92. The van der Waals surface area contributed by atoms with Crippen molar-refractivity contribution in [1.82, 2.24) is 0 Å². The quantitative estimate of drug-likeness (QED) is 0.392. The number of ether oxygens (including phenoxy) is 1. The fraction of sp³-hybridized carbons (Fsp3) is 0.786. The fourth-order valence-electron chi connectivity index (χ4n) is 1.71. The summed E-state index contributed by atoms with van der Waals surface area (Å²) in [5.41, 5.74) is 0. The van der Waals surface area contributed by atoms with Gasteiger partial charge in [0, 0.05) is 12.3 Å². The van der Waals surface area contributed by atoms with Crippen molar-refractivity contribution in [2.75, 3.05) is 6.61 Å².